The zero-order valence-electron chi connectivity index (χ0n) is 20.4. The van der Waals surface area contributed by atoms with Crippen LogP contribution in [0.5, 0.6) is 0 Å². The minimum Gasteiger partial charge on any atom is -0.394 e. The van der Waals surface area contributed by atoms with E-state index in [2.05, 4.69) is 13.8 Å². The van der Waals surface area contributed by atoms with E-state index in [0.29, 0.717) is 22.9 Å². The van der Waals surface area contributed by atoms with E-state index < -0.39 is 37.3 Å². The highest BCUT2D eigenvalue weighted by Gasteiger charge is 2.60. The van der Waals surface area contributed by atoms with Crippen LogP contribution in [0.4, 0.5) is 0 Å². The van der Waals surface area contributed by atoms with Crippen molar-refractivity contribution in [1.29, 1.82) is 0 Å². The second kappa shape index (κ2) is 8.99. The third kappa shape index (κ3) is 3.81. The van der Waals surface area contributed by atoms with E-state index in [1.807, 2.05) is 7.11 Å². The van der Waals surface area contributed by atoms with Crippen molar-refractivity contribution in [3.05, 3.63) is 0 Å². The molecule has 0 aromatic heterocycles. The van der Waals surface area contributed by atoms with Crippen molar-refractivity contribution >= 4 is 0 Å². The van der Waals surface area contributed by atoms with Gasteiger partial charge in [0.2, 0.25) is 0 Å². The second-order valence-corrected chi connectivity index (χ2v) is 12.2. The maximum Gasteiger partial charge on any atom is 0.186 e. The molecule has 5 rings (SSSR count). The molecule has 4 saturated carbocycles. The Morgan fingerprint density at radius 3 is 2.30 bits per heavy atom. The van der Waals surface area contributed by atoms with Gasteiger partial charge in [0.25, 0.3) is 0 Å². The van der Waals surface area contributed by atoms with Gasteiger partial charge in [0.05, 0.1) is 18.8 Å². The normalized spacial score (nSPS) is 56.6. The first-order valence-electron chi connectivity index (χ1n) is 13.2. The van der Waals surface area contributed by atoms with E-state index in [4.69, 9.17) is 14.2 Å². The van der Waals surface area contributed by atoms with Gasteiger partial charge in [0, 0.05) is 7.11 Å². The Balaban J connectivity index is 1.25. The average Bonchev–Trinajstić information content (AvgIpc) is 3.16. The molecule has 0 aromatic carbocycles. The SMILES string of the molecule is CO[C@H]1CC[C@H]2[C@@H]3CC[C@@H]4C[C@H](O[C@@H]5O[C@H](CO)[C@H](O)[C@H](O)[C@H]5O)CC[C@]4(C)[C@H]3CC[C@]12C. The molecule has 13 atom stereocenters. The number of methoxy groups -OCH3 is 1. The quantitative estimate of drug-likeness (QED) is 0.469. The monoisotopic (exact) mass is 468 g/mol. The van der Waals surface area contributed by atoms with Gasteiger partial charge in [-0.05, 0) is 92.3 Å². The van der Waals surface area contributed by atoms with Gasteiger partial charge in [-0.1, -0.05) is 13.8 Å². The van der Waals surface area contributed by atoms with Crippen LogP contribution in [0.2, 0.25) is 0 Å². The van der Waals surface area contributed by atoms with Crippen LogP contribution in [-0.4, -0.2) is 77.1 Å². The molecule has 7 nitrogen and oxygen atoms in total. The number of ether oxygens (including phenoxy) is 3. The standard InChI is InChI=1S/C26H44O7/c1-25-10-8-15(32-24-23(30)22(29)21(28)19(13-27)33-24)12-14(25)4-5-16-17-6-7-20(31-3)26(17,2)11-9-18(16)25/h14-24,27-30H,4-13H2,1-3H3/t14-,15-,16+,17+,18+,19-,20+,21+,22+,23-,24-,25+,26+/m1/s1. The first-order chi connectivity index (χ1) is 15.7. The van der Waals surface area contributed by atoms with Crippen LogP contribution < -0.4 is 0 Å². The minimum absolute atomic E-state index is 0.0423. The predicted molar refractivity (Wildman–Crippen MR) is 121 cm³/mol. The third-order valence-electron chi connectivity index (χ3n) is 11.0. The second-order valence-electron chi connectivity index (χ2n) is 12.2. The molecule has 190 valence electrons. The molecule has 4 aliphatic carbocycles. The number of hydrogen-bond acceptors (Lipinski definition) is 7. The first-order valence-corrected chi connectivity index (χ1v) is 13.2. The summed E-state index contributed by atoms with van der Waals surface area (Å²) in [4.78, 5) is 0. The maximum atomic E-state index is 10.4. The lowest BCUT2D eigenvalue weighted by atomic mass is 9.45. The van der Waals surface area contributed by atoms with Crippen LogP contribution in [0.15, 0.2) is 0 Å². The molecule has 0 amide bonds. The van der Waals surface area contributed by atoms with E-state index in [1.165, 1.54) is 38.5 Å². The van der Waals surface area contributed by atoms with Gasteiger partial charge in [0.15, 0.2) is 6.29 Å². The molecule has 33 heavy (non-hydrogen) atoms. The molecule has 1 aliphatic heterocycles. The van der Waals surface area contributed by atoms with Crippen molar-refractivity contribution < 1.29 is 34.6 Å². The molecule has 0 aromatic rings. The van der Waals surface area contributed by atoms with Gasteiger partial charge in [-0.25, -0.2) is 0 Å². The van der Waals surface area contributed by atoms with Gasteiger partial charge < -0.3 is 34.6 Å². The van der Waals surface area contributed by atoms with Gasteiger partial charge in [-0.15, -0.1) is 0 Å². The van der Waals surface area contributed by atoms with Crippen molar-refractivity contribution in [2.75, 3.05) is 13.7 Å². The Bertz CT molecular complexity index is 702. The molecular formula is C26H44O7. The zero-order chi connectivity index (χ0) is 23.5. The summed E-state index contributed by atoms with van der Waals surface area (Å²) in [5.74, 6) is 2.93. The summed E-state index contributed by atoms with van der Waals surface area (Å²) in [6.45, 7) is 4.57. The molecule has 1 saturated heterocycles. The average molecular weight is 469 g/mol. The van der Waals surface area contributed by atoms with E-state index in [-0.39, 0.29) is 6.10 Å². The molecule has 0 radical (unpaired) electrons. The summed E-state index contributed by atoms with van der Waals surface area (Å²) in [6, 6.07) is 0. The number of hydrogen-bond donors (Lipinski definition) is 4. The highest BCUT2D eigenvalue weighted by molar-refractivity contribution is 5.10. The Kier molecular flexibility index (Phi) is 6.65. The summed E-state index contributed by atoms with van der Waals surface area (Å²) >= 11 is 0. The molecule has 4 N–H and O–H groups in total. The zero-order valence-corrected chi connectivity index (χ0v) is 20.4. The van der Waals surface area contributed by atoms with Crippen molar-refractivity contribution in [2.24, 2.45) is 34.5 Å². The largest absolute Gasteiger partial charge is 0.394 e. The van der Waals surface area contributed by atoms with Crippen LogP contribution >= 0.6 is 0 Å². The Labute approximate surface area is 197 Å². The van der Waals surface area contributed by atoms with E-state index >= 15 is 0 Å². The third-order valence-corrected chi connectivity index (χ3v) is 11.0. The molecule has 7 heteroatoms. The van der Waals surface area contributed by atoms with Crippen molar-refractivity contribution in [1.82, 2.24) is 0 Å². The fraction of sp³-hybridized carbons (Fsp3) is 1.00. The van der Waals surface area contributed by atoms with Gasteiger partial charge in [-0.3, -0.25) is 0 Å². The fourth-order valence-electron chi connectivity index (χ4n) is 9.05. The molecule has 0 bridgehead atoms. The molecule has 5 fully saturated rings. The maximum absolute atomic E-state index is 10.4. The topological polar surface area (TPSA) is 109 Å². The van der Waals surface area contributed by atoms with Crippen LogP contribution in [0.25, 0.3) is 0 Å². The lowest BCUT2D eigenvalue weighted by molar-refractivity contribution is -0.316. The van der Waals surface area contributed by atoms with Gasteiger partial charge in [0.1, 0.15) is 24.4 Å². The Morgan fingerprint density at radius 2 is 1.58 bits per heavy atom. The summed E-state index contributed by atoms with van der Waals surface area (Å²) in [6.07, 6.45) is 4.92. The number of rotatable bonds is 4. The smallest absolute Gasteiger partial charge is 0.186 e. The highest BCUT2D eigenvalue weighted by Crippen LogP contribution is 2.66. The first kappa shape index (κ1) is 24.4. The number of fused-ring (bicyclic) bond motifs is 5. The molecule has 0 spiro atoms. The number of aliphatic hydroxyl groups is 4. The highest BCUT2D eigenvalue weighted by atomic mass is 16.7. The van der Waals surface area contributed by atoms with E-state index in [0.717, 1.165) is 37.0 Å². The van der Waals surface area contributed by atoms with Crippen LogP contribution in [0, 0.1) is 34.5 Å². The number of aliphatic hydroxyl groups excluding tert-OH is 4. The summed E-state index contributed by atoms with van der Waals surface area (Å²) < 4.78 is 17.7. The summed E-state index contributed by atoms with van der Waals surface area (Å²) in [7, 11) is 1.89. The molecular weight excluding hydrogens is 424 g/mol. The van der Waals surface area contributed by atoms with Crippen molar-refractivity contribution in [3.63, 3.8) is 0 Å². The predicted octanol–water partition coefficient (Wildman–Crippen LogP) is 2.23. The van der Waals surface area contributed by atoms with E-state index in [9.17, 15) is 20.4 Å². The van der Waals surface area contributed by atoms with Crippen molar-refractivity contribution in [3.8, 4) is 0 Å². The molecule has 1 heterocycles. The van der Waals surface area contributed by atoms with Crippen LogP contribution in [-0.2, 0) is 14.2 Å². The Morgan fingerprint density at radius 1 is 0.848 bits per heavy atom. The van der Waals surface area contributed by atoms with Crippen LogP contribution in [0.1, 0.15) is 71.6 Å². The fourth-order valence-corrected chi connectivity index (χ4v) is 9.05. The lowest BCUT2D eigenvalue weighted by Gasteiger charge is -2.61. The minimum atomic E-state index is -1.39. The summed E-state index contributed by atoms with van der Waals surface area (Å²) in [5, 5.41) is 40.0. The van der Waals surface area contributed by atoms with Crippen molar-refractivity contribution in [2.45, 2.75) is 115 Å². The molecule has 5 aliphatic rings. The van der Waals surface area contributed by atoms with Gasteiger partial charge >= 0.3 is 0 Å². The van der Waals surface area contributed by atoms with Crippen LogP contribution in [0.3, 0.4) is 0 Å². The van der Waals surface area contributed by atoms with Gasteiger partial charge in [-0.2, -0.15) is 0 Å². The molecule has 0 unspecified atom stereocenters. The lowest BCUT2D eigenvalue weighted by Crippen LogP contribution is -2.60. The van der Waals surface area contributed by atoms with E-state index in [1.54, 1.807) is 0 Å². The Hall–Kier alpha value is -0.280. The summed E-state index contributed by atoms with van der Waals surface area (Å²) in [5.41, 5.74) is 0.660.